The number of hydrogen-bond donors (Lipinski definition) is 1. The highest BCUT2D eigenvalue weighted by Gasteiger charge is 2.35. The Morgan fingerprint density at radius 1 is 1.43 bits per heavy atom. The number of hydrogen-bond acceptors (Lipinski definition) is 4. The average Bonchev–Trinajstić information content (AvgIpc) is 3.07. The van der Waals surface area contributed by atoms with Crippen LogP contribution in [0.4, 0.5) is 0 Å². The Hall–Kier alpha value is -2.31. The normalized spacial score (nSPS) is 19.2. The van der Waals surface area contributed by atoms with E-state index in [1.807, 2.05) is 0 Å². The topological polar surface area (TPSA) is 91.1 Å². The summed E-state index contributed by atoms with van der Waals surface area (Å²) in [6.07, 6.45) is 3.71. The molecular formula is C16H22N2O5. The van der Waals surface area contributed by atoms with Crippen LogP contribution in [0.5, 0.6) is 0 Å². The maximum atomic E-state index is 12.6. The number of amides is 2. The first-order valence-corrected chi connectivity index (χ1v) is 7.74. The summed E-state index contributed by atoms with van der Waals surface area (Å²) < 4.78 is 5.14. The molecule has 0 aliphatic carbocycles. The van der Waals surface area contributed by atoms with Gasteiger partial charge in [-0.25, -0.2) is 0 Å². The van der Waals surface area contributed by atoms with Crippen molar-refractivity contribution >= 4 is 17.8 Å². The second-order valence-corrected chi connectivity index (χ2v) is 5.95. The molecule has 2 heterocycles. The summed E-state index contributed by atoms with van der Waals surface area (Å²) in [6.45, 7) is 2.17. The second-order valence-electron chi connectivity index (χ2n) is 5.95. The quantitative estimate of drug-likeness (QED) is 0.886. The lowest BCUT2D eigenvalue weighted by Gasteiger charge is -2.36. The molecule has 1 fully saturated rings. The Morgan fingerprint density at radius 2 is 2.17 bits per heavy atom. The minimum absolute atomic E-state index is 0.119. The third-order valence-corrected chi connectivity index (χ3v) is 4.13. The van der Waals surface area contributed by atoms with Crippen LogP contribution >= 0.6 is 0 Å². The molecule has 2 amide bonds. The SMILES string of the molecule is CC(CN(C)C(=O)C1CCCCN1C(=O)c1ccco1)C(=O)O. The largest absolute Gasteiger partial charge is 0.481 e. The van der Waals surface area contributed by atoms with Gasteiger partial charge in [0.2, 0.25) is 5.91 Å². The van der Waals surface area contributed by atoms with E-state index in [1.54, 1.807) is 26.1 Å². The van der Waals surface area contributed by atoms with Gasteiger partial charge < -0.3 is 19.3 Å². The number of nitrogens with zero attached hydrogens (tertiary/aromatic N) is 2. The van der Waals surface area contributed by atoms with Crippen LogP contribution in [-0.4, -0.2) is 58.9 Å². The highest BCUT2D eigenvalue weighted by atomic mass is 16.4. The number of furan rings is 1. The zero-order valence-electron chi connectivity index (χ0n) is 13.4. The zero-order valence-corrected chi connectivity index (χ0v) is 13.4. The molecular weight excluding hydrogens is 300 g/mol. The molecule has 7 heteroatoms. The molecule has 0 saturated carbocycles. The fraction of sp³-hybridized carbons (Fsp3) is 0.562. The van der Waals surface area contributed by atoms with Crippen molar-refractivity contribution in [1.29, 1.82) is 0 Å². The number of carbonyl (C=O) groups excluding carboxylic acids is 2. The van der Waals surface area contributed by atoms with Crippen molar-refractivity contribution < 1.29 is 23.9 Å². The molecule has 2 rings (SSSR count). The molecule has 0 aromatic carbocycles. The van der Waals surface area contributed by atoms with Crippen molar-refractivity contribution in [3.8, 4) is 0 Å². The van der Waals surface area contributed by atoms with Gasteiger partial charge >= 0.3 is 5.97 Å². The molecule has 2 unspecified atom stereocenters. The first-order chi connectivity index (χ1) is 10.9. The first-order valence-electron chi connectivity index (χ1n) is 7.74. The summed E-state index contributed by atoms with van der Waals surface area (Å²) in [6, 6.07) is 2.65. The van der Waals surface area contributed by atoms with E-state index in [4.69, 9.17) is 9.52 Å². The van der Waals surface area contributed by atoms with Crippen molar-refractivity contribution in [2.45, 2.75) is 32.2 Å². The van der Waals surface area contributed by atoms with Crippen molar-refractivity contribution in [2.24, 2.45) is 5.92 Å². The standard InChI is InChI=1S/C16H22N2O5/c1-11(16(21)22)10-17(2)14(19)12-6-3-4-8-18(12)15(20)13-7-5-9-23-13/h5,7,9,11-12H,3-4,6,8,10H2,1-2H3,(H,21,22). The summed E-state index contributed by atoms with van der Waals surface area (Å²) in [4.78, 5) is 39.0. The van der Waals surface area contributed by atoms with Crippen LogP contribution in [0.15, 0.2) is 22.8 Å². The monoisotopic (exact) mass is 322 g/mol. The van der Waals surface area contributed by atoms with E-state index in [9.17, 15) is 14.4 Å². The molecule has 0 radical (unpaired) electrons. The highest BCUT2D eigenvalue weighted by Crippen LogP contribution is 2.21. The predicted octanol–water partition coefficient (Wildman–Crippen LogP) is 1.45. The van der Waals surface area contributed by atoms with Gasteiger partial charge in [-0.1, -0.05) is 6.92 Å². The van der Waals surface area contributed by atoms with Crippen molar-refractivity contribution in [1.82, 2.24) is 9.80 Å². The minimum Gasteiger partial charge on any atom is -0.481 e. The van der Waals surface area contributed by atoms with E-state index in [-0.39, 0.29) is 24.1 Å². The fourth-order valence-corrected chi connectivity index (χ4v) is 2.81. The Bertz CT molecular complexity index is 569. The molecule has 1 saturated heterocycles. The third-order valence-electron chi connectivity index (χ3n) is 4.13. The van der Waals surface area contributed by atoms with E-state index in [1.165, 1.54) is 16.1 Å². The number of piperidine rings is 1. The Kier molecular flexibility index (Phi) is 5.41. The Morgan fingerprint density at radius 3 is 2.78 bits per heavy atom. The Balaban J connectivity index is 2.09. The number of carboxylic acid groups (broad SMARTS) is 1. The maximum Gasteiger partial charge on any atom is 0.308 e. The van der Waals surface area contributed by atoms with Crippen LogP contribution in [0.1, 0.15) is 36.7 Å². The number of carbonyl (C=O) groups is 3. The summed E-state index contributed by atoms with van der Waals surface area (Å²) in [7, 11) is 1.58. The molecule has 1 aliphatic heterocycles. The van der Waals surface area contributed by atoms with Gasteiger partial charge in [-0.15, -0.1) is 0 Å². The van der Waals surface area contributed by atoms with E-state index in [0.717, 1.165) is 12.8 Å². The van der Waals surface area contributed by atoms with Gasteiger partial charge in [0.25, 0.3) is 5.91 Å². The number of likely N-dealkylation sites (tertiary alicyclic amines) is 1. The van der Waals surface area contributed by atoms with Crippen LogP contribution in [0, 0.1) is 5.92 Å². The molecule has 7 nitrogen and oxygen atoms in total. The minimum atomic E-state index is -0.947. The van der Waals surface area contributed by atoms with Crippen LogP contribution in [0.25, 0.3) is 0 Å². The number of likely N-dealkylation sites (N-methyl/N-ethyl adjacent to an activating group) is 1. The lowest BCUT2D eigenvalue weighted by Crippen LogP contribution is -2.53. The predicted molar refractivity (Wildman–Crippen MR) is 81.8 cm³/mol. The lowest BCUT2D eigenvalue weighted by molar-refractivity contribution is -0.143. The van der Waals surface area contributed by atoms with Crippen LogP contribution < -0.4 is 0 Å². The molecule has 1 N–H and O–H groups in total. The smallest absolute Gasteiger partial charge is 0.308 e. The van der Waals surface area contributed by atoms with Crippen molar-refractivity contribution in [2.75, 3.05) is 20.1 Å². The van der Waals surface area contributed by atoms with E-state index in [0.29, 0.717) is 13.0 Å². The maximum absolute atomic E-state index is 12.6. The third kappa shape index (κ3) is 3.91. The van der Waals surface area contributed by atoms with Gasteiger partial charge in [-0.2, -0.15) is 0 Å². The van der Waals surface area contributed by atoms with Crippen LogP contribution in [0.3, 0.4) is 0 Å². The van der Waals surface area contributed by atoms with Crippen molar-refractivity contribution in [3.63, 3.8) is 0 Å². The van der Waals surface area contributed by atoms with Gasteiger partial charge in [-0.05, 0) is 31.4 Å². The molecule has 23 heavy (non-hydrogen) atoms. The van der Waals surface area contributed by atoms with Gasteiger partial charge in [-0.3, -0.25) is 14.4 Å². The summed E-state index contributed by atoms with van der Waals surface area (Å²) in [5.41, 5.74) is 0. The lowest BCUT2D eigenvalue weighted by atomic mass is 10.00. The molecule has 1 aromatic heterocycles. The number of carboxylic acids is 1. The van der Waals surface area contributed by atoms with Crippen molar-refractivity contribution in [3.05, 3.63) is 24.2 Å². The highest BCUT2D eigenvalue weighted by molar-refractivity contribution is 5.95. The molecule has 1 aliphatic rings. The summed E-state index contributed by atoms with van der Waals surface area (Å²) >= 11 is 0. The van der Waals surface area contributed by atoms with E-state index < -0.39 is 17.9 Å². The van der Waals surface area contributed by atoms with Crippen LogP contribution in [-0.2, 0) is 9.59 Å². The van der Waals surface area contributed by atoms with E-state index in [2.05, 4.69) is 0 Å². The molecule has 2 atom stereocenters. The summed E-state index contributed by atoms with van der Waals surface area (Å²) in [5.74, 6) is -1.91. The van der Waals surface area contributed by atoms with Gasteiger partial charge in [0.1, 0.15) is 6.04 Å². The Labute approximate surface area is 134 Å². The van der Waals surface area contributed by atoms with Gasteiger partial charge in [0, 0.05) is 20.1 Å². The molecule has 0 spiro atoms. The van der Waals surface area contributed by atoms with Gasteiger partial charge in [0.15, 0.2) is 5.76 Å². The fourth-order valence-electron chi connectivity index (χ4n) is 2.81. The zero-order chi connectivity index (χ0) is 17.0. The van der Waals surface area contributed by atoms with E-state index >= 15 is 0 Å². The summed E-state index contributed by atoms with van der Waals surface area (Å²) in [5, 5.41) is 8.97. The molecule has 1 aromatic rings. The average molecular weight is 322 g/mol. The van der Waals surface area contributed by atoms with Crippen LogP contribution in [0.2, 0.25) is 0 Å². The number of aliphatic carboxylic acids is 1. The first kappa shape index (κ1) is 17.1. The van der Waals surface area contributed by atoms with Gasteiger partial charge in [0.05, 0.1) is 12.2 Å². The second kappa shape index (κ2) is 7.30. The molecule has 0 bridgehead atoms. The number of rotatable bonds is 5. The molecule has 126 valence electrons.